The molecule has 0 heterocycles. The van der Waals surface area contributed by atoms with Crippen molar-refractivity contribution in [2.45, 2.75) is 33.4 Å². The summed E-state index contributed by atoms with van der Waals surface area (Å²) in [6, 6.07) is 0. The molecule has 1 fully saturated rings. The molecule has 1 saturated carbocycles. The van der Waals surface area contributed by atoms with Gasteiger partial charge in [0.25, 0.3) is 0 Å². The second-order valence-corrected chi connectivity index (χ2v) is 4.20. The predicted octanol–water partition coefficient (Wildman–Crippen LogP) is 4.03. The highest BCUT2D eigenvalue weighted by Gasteiger charge is 2.62. The Labute approximate surface area is 83.2 Å². The fourth-order valence-electron chi connectivity index (χ4n) is 2.29. The van der Waals surface area contributed by atoms with Crippen molar-refractivity contribution in [3.8, 4) is 0 Å². The fourth-order valence-corrected chi connectivity index (χ4v) is 2.29. The van der Waals surface area contributed by atoms with Crippen LogP contribution in [0.5, 0.6) is 0 Å². The van der Waals surface area contributed by atoms with Crippen molar-refractivity contribution in [2.24, 2.45) is 23.7 Å². The topological polar surface area (TPSA) is 0 Å². The van der Waals surface area contributed by atoms with Crippen LogP contribution >= 0.6 is 0 Å². The molecule has 0 N–H and O–H groups in total. The average molecular weight is 206 g/mol. The highest BCUT2D eigenvalue weighted by molar-refractivity contribution is 5.05. The Kier molecular flexibility index (Phi) is 3.28. The van der Waals surface area contributed by atoms with Crippen molar-refractivity contribution in [2.75, 3.05) is 0 Å². The number of alkyl halides is 3. The highest BCUT2D eigenvalue weighted by atomic mass is 19.4. The van der Waals surface area contributed by atoms with Crippen LogP contribution in [-0.2, 0) is 0 Å². The van der Waals surface area contributed by atoms with E-state index < -0.39 is 12.1 Å². The van der Waals surface area contributed by atoms with Gasteiger partial charge in [-0.3, -0.25) is 0 Å². The molecule has 0 amide bonds. The van der Waals surface area contributed by atoms with Crippen LogP contribution in [0.3, 0.4) is 0 Å². The SMILES string of the molecule is CC/C=C\[C@H](C)[C@H]1[C@H](C)[C@H]1C(F)(F)F. The summed E-state index contributed by atoms with van der Waals surface area (Å²) < 4.78 is 37.2. The molecule has 0 aromatic heterocycles. The summed E-state index contributed by atoms with van der Waals surface area (Å²) in [7, 11) is 0. The lowest BCUT2D eigenvalue weighted by atomic mass is 10.0. The molecule has 0 bridgehead atoms. The van der Waals surface area contributed by atoms with E-state index >= 15 is 0 Å². The van der Waals surface area contributed by atoms with Gasteiger partial charge in [0, 0.05) is 0 Å². The Balaban J connectivity index is 2.53. The third-order valence-electron chi connectivity index (χ3n) is 3.11. The highest BCUT2D eigenvalue weighted by Crippen LogP contribution is 2.58. The quantitative estimate of drug-likeness (QED) is 0.611. The van der Waals surface area contributed by atoms with Crippen LogP contribution in [0.2, 0.25) is 0 Å². The molecule has 14 heavy (non-hydrogen) atoms. The minimum Gasteiger partial charge on any atom is -0.171 e. The third kappa shape index (κ3) is 2.31. The van der Waals surface area contributed by atoms with Gasteiger partial charge in [-0.15, -0.1) is 0 Å². The maximum atomic E-state index is 12.4. The molecule has 1 rings (SSSR count). The summed E-state index contributed by atoms with van der Waals surface area (Å²) in [6.45, 7) is 5.55. The summed E-state index contributed by atoms with van der Waals surface area (Å²) in [5.74, 6) is -1.42. The molecule has 0 aromatic rings. The van der Waals surface area contributed by atoms with Crippen LogP contribution in [0, 0.1) is 23.7 Å². The predicted molar refractivity (Wildman–Crippen MR) is 50.8 cm³/mol. The van der Waals surface area contributed by atoms with Gasteiger partial charge in [-0.25, -0.2) is 0 Å². The second kappa shape index (κ2) is 3.95. The zero-order valence-electron chi connectivity index (χ0n) is 8.81. The van der Waals surface area contributed by atoms with Gasteiger partial charge >= 0.3 is 6.18 Å². The van der Waals surface area contributed by atoms with Crippen LogP contribution in [0.15, 0.2) is 12.2 Å². The summed E-state index contributed by atoms with van der Waals surface area (Å²) in [5.41, 5.74) is 0. The first-order chi connectivity index (χ1) is 6.39. The van der Waals surface area contributed by atoms with E-state index in [4.69, 9.17) is 0 Å². The lowest BCUT2D eigenvalue weighted by Gasteiger charge is -2.07. The van der Waals surface area contributed by atoms with Crippen LogP contribution < -0.4 is 0 Å². The summed E-state index contributed by atoms with van der Waals surface area (Å²) in [4.78, 5) is 0. The summed E-state index contributed by atoms with van der Waals surface area (Å²) in [5, 5.41) is 0. The normalized spacial score (nSPS) is 34.9. The monoisotopic (exact) mass is 206 g/mol. The Morgan fingerprint density at radius 1 is 1.36 bits per heavy atom. The standard InChI is InChI=1S/C11H17F3/c1-4-5-6-7(2)9-8(3)10(9)11(12,13)14/h5-10H,4H2,1-3H3/b6-5-/t7-,8-,9-,10+/m0/s1. The molecule has 82 valence electrons. The van der Waals surface area contributed by atoms with E-state index in [1.165, 1.54) is 0 Å². The van der Waals surface area contributed by atoms with Crippen molar-refractivity contribution >= 4 is 0 Å². The van der Waals surface area contributed by atoms with Gasteiger partial charge in [0.2, 0.25) is 0 Å². The fraction of sp³-hybridized carbons (Fsp3) is 0.818. The first-order valence-corrected chi connectivity index (χ1v) is 5.13. The largest absolute Gasteiger partial charge is 0.392 e. The van der Waals surface area contributed by atoms with Gasteiger partial charge < -0.3 is 0 Å². The van der Waals surface area contributed by atoms with Gasteiger partial charge in [0.05, 0.1) is 5.92 Å². The Morgan fingerprint density at radius 3 is 2.29 bits per heavy atom. The molecule has 0 nitrogen and oxygen atoms in total. The average Bonchev–Trinajstić information content (AvgIpc) is 2.72. The van der Waals surface area contributed by atoms with Gasteiger partial charge in [-0.05, 0) is 24.2 Å². The van der Waals surface area contributed by atoms with Crippen molar-refractivity contribution in [3.63, 3.8) is 0 Å². The van der Waals surface area contributed by atoms with E-state index in [1.807, 2.05) is 26.0 Å². The van der Waals surface area contributed by atoms with E-state index in [2.05, 4.69) is 0 Å². The van der Waals surface area contributed by atoms with Crippen LogP contribution in [0.4, 0.5) is 13.2 Å². The van der Waals surface area contributed by atoms with Gasteiger partial charge in [0.15, 0.2) is 0 Å². The third-order valence-corrected chi connectivity index (χ3v) is 3.11. The molecule has 0 spiro atoms. The molecule has 4 atom stereocenters. The zero-order valence-corrected chi connectivity index (χ0v) is 8.81. The number of halogens is 3. The smallest absolute Gasteiger partial charge is 0.171 e. The first kappa shape index (κ1) is 11.6. The van der Waals surface area contributed by atoms with E-state index in [-0.39, 0.29) is 17.8 Å². The van der Waals surface area contributed by atoms with Gasteiger partial charge in [-0.1, -0.05) is 32.9 Å². The Bertz CT molecular complexity index is 217. The van der Waals surface area contributed by atoms with E-state index in [0.29, 0.717) is 0 Å². The second-order valence-electron chi connectivity index (χ2n) is 4.20. The summed E-state index contributed by atoms with van der Waals surface area (Å²) in [6.07, 6.45) is 0.747. The number of hydrogen-bond donors (Lipinski definition) is 0. The van der Waals surface area contributed by atoms with Crippen molar-refractivity contribution < 1.29 is 13.2 Å². The number of allylic oxidation sites excluding steroid dienone is 2. The van der Waals surface area contributed by atoms with Crippen LogP contribution in [0.1, 0.15) is 27.2 Å². The molecule has 0 aliphatic heterocycles. The van der Waals surface area contributed by atoms with E-state index in [0.717, 1.165) is 6.42 Å². The summed E-state index contributed by atoms with van der Waals surface area (Å²) >= 11 is 0. The molecule has 0 unspecified atom stereocenters. The van der Waals surface area contributed by atoms with Crippen LogP contribution in [0.25, 0.3) is 0 Å². The molecular weight excluding hydrogens is 189 g/mol. The maximum Gasteiger partial charge on any atom is 0.392 e. The molecule has 0 radical (unpaired) electrons. The zero-order chi connectivity index (χ0) is 10.9. The van der Waals surface area contributed by atoms with E-state index in [1.54, 1.807) is 6.92 Å². The van der Waals surface area contributed by atoms with Gasteiger partial charge in [-0.2, -0.15) is 13.2 Å². The molecule has 0 aromatic carbocycles. The Morgan fingerprint density at radius 2 is 1.93 bits per heavy atom. The molecule has 1 aliphatic carbocycles. The number of hydrogen-bond acceptors (Lipinski definition) is 0. The van der Waals surface area contributed by atoms with Crippen LogP contribution in [-0.4, -0.2) is 6.18 Å². The van der Waals surface area contributed by atoms with Crippen molar-refractivity contribution in [1.29, 1.82) is 0 Å². The molecular formula is C11H17F3. The molecule has 0 saturated heterocycles. The number of rotatable bonds is 3. The minimum atomic E-state index is -4.00. The maximum absolute atomic E-state index is 12.4. The first-order valence-electron chi connectivity index (χ1n) is 5.13. The minimum absolute atomic E-state index is 0.0524. The van der Waals surface area contributed by atoms with Crippen molar-refractivity contribution in [3.05, 3.63) is 12.2 Å². The lowest BCUT2D eigenvalue weighted by molar-refractivity contribution is -0.154. The van der Waals surface area contributed by atoms with Crippen molar-refractivity contribution in [1.82, 2.24) is 0 Å². The Hall–Kier alpha value is -0.470. The lowest BCUT2D eigenvalue weighted by Crippen LogP contribution is -2.14. The molecule has 3 heteroatoms. The van der Waals surface area contributed by atoms with Gasteiger partial charge in [0.1, 0.15) is 0 Å². The van der Waals surface area contributed by atoms with E-state index in [9.17, 15) is 13.2 Å². The molecule has 1 aliphatic rings.